The molecule has 4 heteroatoms. The quantitative estimate of drug-likeness (QED) is 0.350. The molecule has 1 aliphatic rings. The molecule has 0 fully saturated rings. The van der Waals surface area contributed by atoms with Crippen LogP contribution in [0.4, 0.5) is 0 Å². The second-order valence-electron chi connectivity index (χ2n) is 2.85. The molecule has 0 saturated carbocycles. The highest BCUT2D eigenvalue weighted by atomic mass is 15.2. The van der Waals surface area contributed by atoms with Crippen LogP contribution in [0.25, 0.3) is 10.4 Å². The molecule has 0 spiro atoms. The SMILES string of the molecule is CC1=CC=CN(C)C1CN=[N+]=[N-]. The van der Waals surface area contributed by atoms with Crippen molar-refractivity contribution in [1.29, 1.82) is 0 Å². The Hall–Kier alpha value is -1.41. The first kappa shape index (κ1) is 8.68. The lowest BCUT2D eigenvalue weighted by atomic mass is 10.1. The molecule has 0 aromatic rings. The van der Waals surface area contributed by atoms with Crippen molar-refractivity contribution >= 4 is 0 Å². The lowest BCUT2D eigenvalue weighted by Gasteiger charge is -2.28. The maximum Gasteiger partial charge on any atom is 0.0550 e. The lowest BCUT2D eigenvalue weighted by Crippen LogP contribution is -2.32. The zero-order valence-corrected chi connectivity index (χ0v) is 7.31. The van der Waals surface area contributed by atoms with Crippen molar-refractivity contribution in [3.8, 4) is 0 Å². The smallest absolute Gasteiger partial charge is 0.0550 e. The van der Waals surface area contributed by atoms with Crippen LogP contribution in [-0.4, -0.2) is 24.5 Å². The predicted molar refractivity (Wildman–Crippen MR) is 48.5 cm³/mol. The second-order valence-corrected chi connectivity index (χ2v) is 2.85. The second kappa shape index (κ2) is 3.83. The van der Waals surface area contributed by atoms with Gasteiger partial charge in [-0.3, -0.25) is 0 Å². The number of rotatable bonds is 2. The third kappa shape index (κ3) is 1.80. The van der Waals surface area contributed by atoms with E-state index < -0.39 is 0 Å². The van der Waals surface area contributed by atoms with Crippen LogP contribution in [0.1, 0.15) is 6.92 Å². The molecule has 0 aromatic carbocycles. The molecular formula is C8H12N4. The minimum atomic E-state index is 0.228. The molecule has 0 bridgehead atoms. The van der Waals surface area contributed by atoms with E-state index in [0.29, 0.717) is 6.54 Å². The van der Waals surface area contributed by atoms with E-state index >= 15 is 0 Å². The Morgan fingerprint density at radius 2 is 2.50 bits per heavy atom. The fourth-order valence-corrected chi connectivity index (χ4v) is 1.25. The van der Waals surface area contributed by atoms with E-state index in [2.05, 4.69) is 10.0 Å². The standard InChI is InChI=1S/C8H12N4/c1-7-4-3-5-12(2)8(7)6-10-11-9/h3-5,8H,6H2,1-2H3. The van der Waals surface area contributed by atoms with Crippen LogP contribution >= 0.6 is 0 Å². The number of likely N-dealkylation sites (N-methyl/N-ethyl adjacent to an activating group) is 1. The Bertz CT molecular complexity index is 260. The number of azide groups is 1. The van der Waals surface area contributed by atoms with Crippen LogP contribution in [0.2, 0.25) is 0 Å². The summed E-state index contributed by atoms with van der Waals surface area (Å²) in [6, 6.07) is 0.228. The van der Waals surface area contributed by atoms with Crippen molar-refractivity contribution in [2.24, 2.45) is 5.11 Å². The van der Waals surface area contributed by atoms with Gasteiger partial charge < -0.3 is 4.90 Å². The zero-order chi connectivity index (χ0) is 8.97. The zero-order valence-electron chi connectivity index (χ0n) is 7.31. The first-order valence-corrected chi connectivity index (χ1v) is 3.83. The summed E-state index contributed by atoms with van der Waals surface area (Å²) >= 11 is 0. The fourth-order valence-electron chi connectivity index (χ4n) is 1.25. The van der Waals surface area contributed by atoms with E-state index in [0.717, 1.165) is 0 Å². The summed E-state index contributed by atoms with van der Waals surface area (Å²) in [4.78, 5) is 4.79. The summed E-state index contributed by atoms with van der Waals surface area (Å²) in [5.41, 5.74) is 9.40. The summed E-state index contributed by atoms with van der Waals surface area (Å²) in [6.07, 6.45) is 6.00. The number of nitrogens with zero attached hydrogens (tertiary/aromatic N) is 4. The average Bonchev–Trinajstić information content (AvgIpc) is 2.04. The van der Waals surface area contributed by atoms with Gasteiger partial charge >= 0.3 is 0 Å². The summed E-state index contributed by atoms with van der Waals surface area (Å²) in [5.74, 6) is 0. The highest BCUT2D eigenvalue weighted by Crippen LogP contribution is 2.14. The van der Waals surface area contributed by atoms with Gasteiger partial charge in [0.05, 0.1) is 12.6 Å². The molecule has 1 rings (SSSR count). The van der Waals surface area contributed by atoms with Crippen LogP contribution in [0.5, 0.6) is 0 Å². The average molecular weight is 164 g/mol. The normalized spacial score (nSPS) is 21.7. The summed E-state index contributed by atoms with van der Waals surface area (Å²) in [6.45, 7) is 2.54. The Kier molecular flexibility index (Phi) is 2.77. The van der Waals surface area contributed by atoms with Crippen molar-refractivity contribution in [3.63, 3.8) is 0 Å². The molecular weight excluding hydrogens is 152 g/mol. The monoisotopic (exact) mass is 164 g/mol. The molecule has 1 unspecified atom stereocenters. The number of hydrogen-bond acceptors (Lipinski definition) is 2. The molecule has 0 saturated heterocycles. The predicted octanol–water partition coefficient (Wildman–Crippen LogP) is 2.07. The van der Waals surface area contributed by atoms with Crippen molar-refractivity contribution in [3.05, 3.63) is 34.4 Å². The van der Waals surface area contributed by atoms with Gasteiger partial charge in [-0.25, -0.2) is 0 Å². The van der Waals surface area contributed by atoms with Crippen molar-refractivity contribution in [2.75, 3.05) is 13.6 Å². The van der Waals surface area contributed by atoms with Crippen LogP contribution < -0.4 is 0 Å². The van der Waals surface area contributed by atoms with Crippen molar-refractivity contribution in [2.45, 2.75) is 13.0 Å². The molecule has 1 heterocycles. The Labute approximate surface area is 71.8 Å². The van der Waals surface area contributed by atoms with Gasteiger partial charge in [-0.15, -0.1) is 0 Å². The van der Waals surface area contributed by atoms with Gasteiger partial charge in [0.25, 0.3) is 0 Å². The molecule has 0 aromatic heterocycles. The topological polar surface area (TPSA) is 52.0 Å². The number of allylic oxidation sites excluding steroid dienone is 2. The van der Waals surface area contributed by atoms with E-state index in [1.54, 1.807) is 0 Å². The molecule has 64 valence electrons. The van der Waals surface area contributed by atoms with Crippen LogP contribution in [0.15, 0.2) is 29.0 Å². The molecule has 0 N–H and O–H groups in total. The van der Waals surface area contributed by atoms with Crippen LogP contribution in [-0.2, 0) is 0 Å². The van der Waals surface area contributed by atoms with Gasteiger partial charge in [0, 0.05) is 12.0 Å². The number of hydrogen-bond donors (Lipinski definition) is 0. The molecule has 1 atom stereocenters. The van der Waals surface area contributed by atoms with Gasteiger partial charge in [-0.2, -0.15) is 0 Å². The summed E-state index contributed by atoms with van der Waals surface area (Å²) in [5, 5.41) is 3.56. The molecule has 4 nitrogen and oxygen atoms in total. The molecule has 0 amide bonds. The Morgan fingerprint density at radius 1 is 1.75 bits per heavy atom. The molecule has 12 heavy (non-hydrogen) atoms. The van der Waals surface area contributed by atoms with Crippen LogP contribution in [0.3, 0.4) is 0 Å². The highest BCUT2D eigenvalue weighted by Gasteiger charge is 2.14. The Balaban J connectivity index is 2.68. The third-order valence-corrected chi connectivity index (χ3v) is 2.02. The lowest BCUT2D eigenvalue weighted by molar-refractivity contribution is 0.370. The van der Waals surface area contributed by atoms with Crippen LogP contribution in [0, 0.1) is 0 Å². The third-order valence-electron chi connectivity index (χ3n) is 2.02. The largest absolute Gasteiger partial charge is 0.374 e. The van der Waals surface area contributed by atoms with Gasteiger partial charge in [0.15, 0.2) is 0 Å². The molecule has 1 aliphatic heterocycles. The highest BCUT2D eigenvalue weighted by molar-refractivity contribution is 5.21. The molecule has 0 aliphatic carbocycles. The van der Waals surface area contributed by atoms with E-state index in [1.807, 2.05) is 37.2 Å². The van der Waals surface area contributed by atoms with Crippen molar-refractivity contribution < 1.29 is 0 Å². The Morgan fingerprint density at radius 3 is 3.08 bits per heavy atom. The first-order chi connectivity index (χ1) is 5.75. The molecule has 0 radical (unpaired) electrons. The van der Waals surface area contributed by atoms with Crippen molar-refractivity contribution in [1.82, 2.24) is 4.90 Å². The maximum atomic E-state index is 8.17. The summed E-state index contributed by atoms with van der Waals surface area (Å²) < 4.78 is 0. The van der Waals surface area contributed by atoms with E-state index in [1.165, 1.54) is 5.57 Å². The van der Waals surface area contributed by atoms with Gasteiger partial charge in [-0.1, -0.05) is 16.8 Å². The first-order valence-electron chi connectivity index (χ1n) is 3.83. The van der Waals surface area contributed by atoms with E-state index in [4.69, 9.17) is 5.53 Å². The van der Waals surface area contributed by atoms with E-state index in [-0.39, 0.29) is 6.04 Å². The van der Waals surface area contributed by atoms with Gasteiger partial charge in [-0.05, 0) is 24.7 Å². The van der Waals surface area contributed by atoms with Gasteiger partial charge in [0.2, 0.25) is 0 Å². The maximum absolute atomic E-state index is 8.17. The summed E-state index contributed by atoms with van der Waals surface area (Å²) in [7, 11) is 1.98. The van der Waals surface area contributed by atoms with Gasteiger partial charge in [0.1, 0.15) is 0 Å². The minimum Gasteiger partial charge on any atom is -0.374 e. The van der Waals surface area contributed by atoms with E-state index in [9.17, 15) is 0 Å². The minimum absolute atomic E-state index is 0.228. The fraction of sp³-hybridized carbons (Fsp3) is 0.500.